The fourth-order valence-electron chi connectivity index (χ4n) is 3.84. The molecule has 2 aromatic rings. The maximum absolute atomic E-state index is 16.0. The van der Waals surface area contributed by atoms with E-state index >= 15 is 8.78 Å². The molecule has 1 aliphatic rings. The summed E-state index contributed by atoms with van der Waals surface area (Å²) in [6.45, 7) is 8.22. The number of rotatable bonds is 6. The van der Waals surface area contributed by atoms with E-state index in [1.54, 1.807) is 20.8 Å². The summed E-state index contributed by atoms with van der Waals surface area (Å²) in [6.07, 6.45) is 0.486. The van der Waals surface area contributed by atoms with Crippen LogP contribution in [-0.2, 0) is 14.9 Å². The van der Waals surface area contributed by atoms with Crippen LogP contribution in [0.3, 0.4) is 0 Å². The average Bonchev–Trinajstić information content (AvgIpc) is 2.78. The summed E-state index contributed by atoms with van der Waals surface area (Å²) in [4.78, 5) is 30.2. The van der Waals surface area contributed by atoms with E-state index in [1.807, 2.05) is 6.07 Å². The van der Waals surface area contributed by atoms with Gasteiger partial charge in [-0.3, -0.25) is 0 Å². The fraction of sp³-hybridized carbons (Fsp3) is 0.440. The van der Waals surface area contributed by atoms with Crippen LogP contribution in [0.2, 0.25) is 5.02 Å². The second kappa shape index (κ2) is 10.5. The number of nitrogens with one attached hydrogen (secondary N) is 1. The van der Waals surface area contributed by atoms with Crippen LogP contribution in [0.5, 0.6) is 0 Å². The normalized spacial score (nSPS) is 15.3. The van der Waals surface area contributed by atoms with E-state index in [4.69, 9.17) is 21.1 Å². The first-order valence-corrected chi connectivity index (χ1v) is 11.8. The molecule has 0 bridgehead atoms. The monoisotopic (exact) mass is 538 g/mol. The summed E-state index contributed by atoms with van der Waals surface area (Å²) in [5.74, 6) is -4.74. The number of esters is 1. The minimum absolute atomic E-state index is 0.0531. The highest BCUT2D eigenvalue weighted by Gasteiger charge is 2.42. The Morgan fingerprint density at radius 2 is 1.86 bits per heavy atom. The zero-order valence-corrected chi connectivity index (χ0v) is 21.7. The second-order valence-corrected chi connectivity index (χ2v) is 9.99. The van der Waals surface area contributed by atoms with E-state index in [1.165, 1.54) is 18.7 Å². The molecule has 12 heteroatoms. The van der Waals surface area contributed by atoms with Crippen LogP contribution >= 0.6 is 11.6 Å². The molecule has 3 rings (SSSR count). The molecule has 1 unspecified atom stereocenters. The maximum Gasteiger partial charge on any atom is 0.410 e. The molecule has 1 fully saturated rings. The van der Waals surface area contributed by atoms with E-state index in [0.717, 1.165) is 18.3 Å². The van der Waals surface area contributed by atoms with Crippen molar-refractivity contribution in [2.45, 2.75) is 51.7 Å². The van der Waals surface area contributed by atoms with E-state index in [9.17, 15) is 19.2 Å². The van der Waals surface area contributed by atoms with Crippen molar-refractivity contribution < 1.29 is 32.2 Å². The number of hydrogen-bond acceptors (Lipinski definition) is 7. The molecule has 198 valence electrons. The van der Waals surface area contributed by atoms with Gasteiger partial charge in [0.25, 0.3) is 0 Å². The summed E-state index contributed by atoms with van der Waals surface area (Å²) in [7, 11) is 0. The smallest absolute Gasteiger partial charge is 0.410 e. The van der Waals surface area contributed by atoms with Crippen molar-refractivity contribution in [3.05, 3.63) is 57.5 Å². The highest BCUT2D eigenvalue weighted by atomic mass is 35.5. The van der Waals surface area contributed by atoms with E-state index < -0.39 is 68.3 Å². The highest BCUT2D eigenvalue weighted by Crippen LogP contribution is 2.40. The minimum atomic E-state index is -2.13. The van der Waals surface area contributed by atoms with Crippen LogP contribution in [0, 0.1) is 28.8 Å². The van der Waals surface area contributed by atoms with Gasteiger partial charge in [0, 0.05) is 30.4 Å². The van der Waals surface area contributed by atoms with Crippen LogP contribution in [-0.4, -0.2) is 53.3 Å². The van der Waals surface area contributed by atoms with Gasteiger partial charge >= 0.3 is 12.1 Å². The van der Waals surface area contributed by atoms with Gasteiger partial charge in [0.05, 0.1) is 24.3 Å². The number of carbonyl (C=O) groups excluding carboxylic acids is 2. The summed E-state index contributed by atoms with van der Waals surface area (Å²) in [5, 5.41) is 12.0. The molecule has 1 saturated heterocycles. The Kier molecular flexibility index (Phi) is 7.93. The molecule has 37 heavy (non-hydrogen) atoms. The molecule has 1 aromatic heterocycles. The van der Waals surface area contributed by atoms with Crippen LogP contribution in [0.4, 0.5) is 23.8 Å². The average molecular weight is 539 g/mol. The number of ether oxygens (including phenoxy) is 2. The van der Waals surface area contributed by atoms with Crippen LogP contribution in [0.25, 0.3) is 0 Å². The molecule has 1 amide bonds. The van der Waals surface area contributed by atoms with Gasteiger partial charge in [-0.2, -0.15) is 5.26 Å². The summed E-state index contributed by atoms with van der Waals surface area (Å²) in [6, 6.07) is 3.23. The topological polar surface area (TPSA) is 105 Å². The third kappa shape index (κ3) is 5.59. The van der Waals surface area contributed by atoms with Crippen molar-refractivity contribution in [2.75, 3.05) is 25.0 Å². The first-order valence-electron chi connectivity index (χ1n) is 11.4. The van der Waals surface area contributed by atoms with Crippen molar-refractivity contribution in [1.29, 1.82) is 5.26 Å². The molecular formula is C25H26ClF3N4O4. The largest absolute Gasteiger partial charge is 0.462 e. The number of amides is 1. The van der Waals surface area contributed by atoms with E-state index in [-0.39, 0.29) is 25.5 Å². The summed E-state index contributed by atoms with van der Waals surface area (Å²) in [5.41, 5.74) is -4.17. The molecule has 0 radical (unpaired) electrons. The van der Waals surface area contributed by atoms with Gasteiger partial charge in [0.2, 0.25) is 0 Å². The van der Waals surface area contributed by atoms with Gasteiger partial charge < -0.3 is 19.7 Å². The molecule has 1 aliphatic heterocycles. The van der Waals surface area contributed by atoms with Gasteiger partial charge in [0.1, 0.15) is 27.7 Å². The third-order valence-corrected chi connectivity index (χ3v) is 6.03. The number of benzene rings is 1. The molecule has 1 aromatic carbocycles. The molecule has 0 spiro atoms. The van der Waals surface area contributed by atoms with E-state index in [2.05, 4.69) is 10.3 Å². The molecule has 8 nitrogen and oxygen atoms in total. The third-order valence-electron chi connectivity index (χ3n) is 5.69. The number of likely N-dealkylation sites (tertiary alicyclic amines) is 1. The summed E-state index contributed by atoms with van der Waals surface area (Å²) < 4.78 is 55.1. The number of hydrogen-bond donors (Lipinski definition) is 1. The lowest BCUT2D eigenvalue weighted by atomic mass is 9.75. The number of anilines is 1. The highest BCUT2D eigenvalue weighted by molar-refractivity contribution is 6.31. The number of pyridine rings is 1. The van der Waals surface area contributed by atoms with Gasteiger partial charge in [-0.15, -0.1) is 0 Å². The van der Waals surface area contributed by atoms with Gasteiger partial charge in [-0.1, -0.05) is 17.7 Å². The Morgan fingerprint density at radius 1 is 1.22 bits per heavy atom. The lowest BCUT2D eigenvalue weighted by Crippen LogP contribution is -2.58. The fourth-order valence-corrected chi connectivity index (χ4v) is 4.01. The number of aromatic nitrogens is 1. The number of halogens is 4. The molecule has 0 saturated carbocycles. The molecule has 1 N–H and O–H groups in total. The molecule has 1 atom stereocenters. The standard InChI is InChI=1S/C25H26ClF3N4O4/c1-6-36-22(34)14-9-31-21(32-13-10-33(11-13)23(35)37-24(2,3)4)20(29)17(14)25(5,12-30)15-7-8-16(27)18(26)19(15)28/h7-9,13H,6,10-11H2,1-5H3,(H,31,32). The Morgan fingerprint density at radius 3 is 2.43 bits per heavy atom. The SMILES string of the molecule is CCOC(=O)c1cnc(NC2CN(C(=O)OC(C)(C)C)C2)c(F)c1C(C)(C#N)c1ccc(F)c(Cl)c1F. The Hall–Kier alpha value is -3.52. The molecular weight excluding hydrogens is 513 g/mol. The Bertz CT molecular complexity index is 1270. The van der Waals surface area contributed by atoms with Crippen molar-refractivity contribution >= 4 is 29.5 Å². The lowest BCUT2D eigenvalue weighted by Gasteiger charge is -2.40. The Balaban J connectivity index is 2.02. The van der Waals surface area contributed by atoms with Gasteiger partial charge in [0.15, 0.2) is 11.6 Å². The maximum atomic E-state index is 16.0. The molecule has 0 aliphatic carbocycles. The molecule has 2 heterocycles. The van der Waals surface area contributed by atoms with Crippen molar-refractivity contribution in [1.82, 2.24) is 9.88 Å². The van der Waals surface area contributed by atoms with Gasteiger partial charge in [-0.25, -0.2) is 27.7 Å². The van der Waals surface area contributed by atoms with Crippen molar-refractivity contribution in [3.63, 3.8) is 0 Å². The quantitative estimate of drug-likeness (QED) is 0.398. The second-order valence-electron chi connectivity index (χ2n) is 9.62. The van der Waals surface area contributed by atoms with Crippen LogP contribution in [0.1, 0.15) is 56.1 Å². The predicted octanol–water partition coefficient (Wildman–Crippen LogP) is 5.19. The zero-order valence-electron chi connectivity index (χ0n) is 20.9. The number of carbonyl (C=O) groups is 2. The zero-order chi connectivity index (χ0) is 27.7. The predicted molar refractivity (Wildman–Crippen MR) is 129 cm³/mol. The first kappa shape index (κ1) is 28.1. The van der Waals surface area contributed by atoms with Crippen LogP contribution in [0.15, 0.2) is 18.3 Å². The van der Waals surface area contributed by atoms with Gasteiger partial charge in [-0.05, 0) is 40.7 Å². The van der Waals surface area contributed by atoms with E-state index in [0.29, 0.717) is 0 Å². The summed E-state index contributed by atoms with van der Waals surface area (Å²) >= 11 is 5.72. The van der Waals surface area contributed by atoms with Crippen molar-refractivity contribution in [3.8, 4) is 6.07 Å². The minimum Gasteiger partial charge on any atom is -0.462 e. The number of nitriles is 1. The Labute approximate surface area is 217 Å². The number of nitrogens with zero attached hydrogens (tertiary/aromatic N) is 3. The lowest BCUT2D eigenvalue weighted by molar-refractivity contribution is 0.0104. The van der Waals surface area contributed by atoms with Crippen LogP contribution < -0.4 is 5.32 Å². The van der Waals surface area contributed by atoms with Crippen molar-refractivity contribution in [2.24, 2.45) is 0 Å². The first-order chi connectivity index (χ1) is 17.2.